The molecule has 0 spiro atoms. The number of hydrogen-bond acceptors (Lipinski definition) is 2. The highest BCUT2D eigenvalue weighted by Crippen LogP contribution is 2.22. The number of aliphatic carboxylic acids is 1. The zero-order valence-electron chi connectivity index (χ0n) is 11.1. The summed E-state index contributed by atoms with van der Waals surface area (Å²) < 4.78 is 0. The fourth-order valence-corrected chi connectivity index (χ4v) is 2.14. The number of hydrogen-bond donors (Lipinski definition) is 2. The van der Waals surface area contributed by atoms with Crippen molar-refractivity contribution >= 4 is 23.3 Å². The third-order valence-corrected chi connectivity index (χ3v) is 3.59. The number of carboxylic acid groups (broad SMARTS) is 1. The molecule has 1 unspecified atom stereocenters. The van der Waals surface area contributed by atoms with Crippen LogP contribution in [0.15, 0.2) is 48.5 Å². The summed E-state index contributed by atoms with van der Waals surface area (Å²) in [5.41, 5.74) is 2.60. The van der Waals surface area contributed by atoms with Crippen LogP contribution in [0.3, 0.4) is 0 Å². The Labute approximate surface area is 123 Å². The van der Waals surface area contributed by atoms with Crippen molar-refractivity contribution in [1.82, 2.24) is 0 Å². The molecule has 0 aliphatic carbocycles. The third kappa shape index (κ3) is 3.52. The molecule has 2 rings (SSSR count). The van der Waals surface area contributed by atoms with Gasteiger partial charge in [0.1, 0.15) is 0 Å². The first-order valence-electron chi connectivity index (χ1n) is 6.35. The number of aryl methyl sites for hydroxylation is 1. The van der Waals surface area contributed by atoms with E-state index >= 15 is 0 Å². The molecular formula is C16H16ClNO2. The molecule has 0 aromatic heterocycles. The van der Waals surface area contributed by atoms with Crippen LogP contribution >= 0.6 is 11.6 Å². The highest BCUT2D eigenvalue weighted by atomic mass is 35.5. The Bertz CT molecular complexity index is 599. The van der Waals surface area contributed by atoms with E-state index in [1.54, 1.807) is 6.07 Å². The lowest BCUT2D eigenvalue weighted by atomic mass is 9.99. The van der Waals surface area contributed by atoms with Gasteiger partial charge in [0.2, 0.25) is 0 Å². The highest BCUT2D eigenvalue weighted by Gasteiger charge is 2.19. The van der Waals surface area contributed by atoms with E-state index in [2.05, 4.69) is 5.32 Å². The van der Waals surface area contributed by atoms with E-state index in [9.17, 15) is 9.90 Å². The van der Waals surface area contributed by atoms with E-state index in [0.29, 0.717) is 11.6 Å². The number of carbonyl (C=O) groups is 1. The van der Waals surface area contributed by atoms with E-state index in [1.807, 2.05) is 49.4 Å². The standard InChI is InChI=1S/C16H16ClNO2/c1-11-7-8-13(9-15(11)17)18-10-14(16(19)20)12-5-3-2-4-6-12/h2-9,14,18H,10H2,1H3,(H,19,20). The van der Waals surface area contributed by atoms with Crippen LogP contribution in [-0.2, 0) is 4.79 Å². The lowest BCUT2D eigenvalue weighted by Gasteiger charge is -2.15. The van der Waals surface area contributed by atoms with E-state index < -0.39 is 11.9 Å². The monoisotopic (exact) mass is 289 g/mol. The van der Waals surface area contributed by atoms with Gasteiger partial charge in [-0.15, -0.1) is 0 Å². The molecule has 0 amide bonds. The predicted octanol–water partition coefficient (Wildman–Crippen LogP) is 3.93. The van der Waals surface area contributed by atoms with Gasteiger partial charge >= 0.3 is 5.97 Å². The van der Waals surface area contributed by atoms with E-state index in [0.717, 1.165) is 16.8 Å². The molecule has 20 heavy (non-hydrogen) atoms. The molecule has 2 aromatic carbocycles. The molecule has 4 heteroatoms. The summed E-state index contributed by atoms with van der Waals surface area (Å²) >= 11 is 6.05. The van der Waals surface area contributed by atoms with Gasteiger partial charge in [-0.1, -0.05) is 48.0 Å². The van der Waals surface area contributed by atoms with Crippen LogP contribution in [0.25, 0.3) is 0 Å². The van der Waals surface area contributed by atoms with Crippen LogP contribution in [0, 0.1) is 6.92 Å². The summed E-state index contributed by atoms with van der Waals surface area (Å²) in [6.45, 7) is 2.24. The summed E-state index contributed by atoms with van der Waals surface area (Å²) in [6.07, 6.45) is 0. The van der Waals surface area contributed by atoms with Crippen molar-refractivity contribution in [1.29, 1.82) is 0 Å². The maximum Gasteiger partial charge on any atom is 0.312 e. The maximum atomic E-state index is 11.4. The van der Waals surface area contributed by atoms with Crippen molar-refractivity contribution in [3.05, 3.63) is 64.7 Å². The van der Waals surface area contributed by atoms with E-state index in [1.165, 1.54) is 0 Å². The van der Waals surface area contributed by atoms with Crippen molar-refractivity contribution < 1.29 is 9.90 Å². The number of anilines is 1. The zero-order valence-corrected chi connectivity index (χ0v) is 11.9. The second-order valence-corrected chi connectivity index (χ2v) is 5.05. The molecule has 1 atom stereocenters. The van der Waals surface area contributed by atoms with Crippen LogP contribution in [-0.4, -0.2) is 17.6 Å². The summed E-state index contributed by atoms with van der Waals surface area (Å²) in [4.78, 5) is 11.4. The minimum absolute atomic E-state index is 0.318. The second kappa shape index (κ2) is 6.44. The minimum atomic E-state index is -0.845. The second-order valence-electron chi connectivity index (χ2n) is 4.65. The molecule has 2 N–H and O–H groups in total. The van der Waals surface area contributed by atoms with Gasteiger partial charge in [0.25, 0.3) is 0 Å². The molecule has 0 aliphatic heterocycles. The Balaban J connectivity index is 2.10. The lowest BCUT2D eigenvalue weighted by molar-refractivity contribution is -0.138. The number of benzene rings is 2. The normalized spacial score (nSPS) is 11.9. The van der Waals surface area contributed by atoms with Crippen LogP contribution in [0.4, 0.5) is 5.69 Å². The van der Waals surface area contributed by atoms with Crippen molar-refractivity contribution in [2.24, 2.45) is 0 Å². The number of nitrogens with one attached hydrogen (secondary N) is 1. The van der Waals surface area contributed by atoms with E-state index in [4.69, 9.17) is 11.6 Å². The molecule has 104 valence electrons. The van der Waals surface area contributed by atoms with Gasteiger partial charge in [-0.05, 0) is 30.2 Å². The average molecular weight is 290 g/mol. The fourth-order valence-electron chi connectivity index (χ4n) is 1.96. The van der Waals surface area contributed by atoms with Crippen molar-refractivity contribution in [2.75, 3.05) is 11.9 Å². The quantitative estimate of drug-likeness (QED) is 0.877. The smallest absolute Gasteiger partial charge is 0.312 e. The topological polar surface area (TPSA) is 49.3 Å². The van der Waals surface area contributed by atoms with Crippen molar-refractivity contribution in [3.8, 4) is 0 Å². The summed E-state index contributed by atoms with van der Waals surface area (Å²) in [6, 6.07) is 14.8. The van der Waals surface area contributed by atoms with Gasteiger partial charge in [-0.3, -0.25) is 4.79 Å². The molecule has 0 saturated heterocycles. The summed E-state index contributed by atoms with van der Waals surface area (Å²) in [5, 5.41) is 13.1. The predicted molar refractivity (Wildman–Crippen MR) is 81.5 cm³/mol. The maximum absolute atomic E-state index is 11.4. The molecule has 0 aliphatic rings. The molecular weight excluding hydrogens is 274 g/mol. The van der Waals surface area contributed by atoms with Gasteiger partial charge in [0, 0.05) is 17.3 Å². The molecule has 0 radical (unpaired) electrons. The van der Waals surface area contributed by atoms with Gasteiger partial charge in [-0.25, -0.2) is 0 Å². The first-order valence-corrected chi connectivity index (χ1v) is 6.73. The zero-order chi connectivity index (χ0) is 14.5. The summed E-state index contributed by atoms with van der Waals surface area (Å²) in [5.74, 6) is -1.43. The van der Waals surface area contributed by atoms with Crippen LogP contribution in [0.2, 0.25) is 5.02 Å². The number of halogens is 1. The Morgan fingerprint density at radius 2 is 1.95 bits per heavy atom. The number of carboxylic acids is 1. The molecule has 3 nitrogen and oxygen atoms in total. The Morgan fingerprint density at radius 3 is 2.55 bits per heavy atom. The Kier molecular flexibility index (Phi) is 4.64. The van der Waals surface area contributed by atoms with Crippen molar-refractivity contribution in [2.45, 2.75) is 12.8 Å². The minimum Gasteiger partial charge on any atom is -0.481 e. The largest absolute Gasteiger partial charge is 0.481 e. The lowest BCUT2D eigenvalue weighted by Crippen LogP contribution is -2.20. The van der Waals surface area contributed by atoms with E-state index in [-0.39, 0.29) is 0 Å². The average Bonchev–Trinajstić information content (AvgIpc) is 2.44. The first kappa shape index (κ1) is 14.4. The highest BCUT2D eigenvalue weighted by molar-refractivity contribution is 6.31. The SMILES string of the molecule is Cc1ccc(NCC(C(=O)O)c2ccccc2)cc1Cl. The van der Waals surface area contributed by atoms with Gasteiger partial charge < -0.3 is 10.4 Å². The summed E-state index contributed by atoms with van der Waals surface area (Å²) in [7, 11) is 0. The number of rotatable bonds is 5. The Hall–Kier alpha value is -2.00. The van der Waals surface area contributed by atoms with Gasteiger partial charge in [-0.2, -0.15) is 0 Å². The van der Waals surface area contributed by atoms with Gasteiger partial charge in [0.05, 0.1) is 5.92 Å². The molecule has 0 heterocycles. The molecule has 2 aromatic rings. The molecule has 0 bridgehead atoms. The van der Waals surface area contributed by atoms with Crippen LogP contribution in [0.1, 0.15) is 17.0 Å². The van der Waals surface area contributed by atoms with Crippen LogP contribution in [0.5, 0.6) is 0 Å². The Morgan fingerprint density at radius 1 is 1.25 bits per heavy atom. The third-order valence-electron chi connectivity index (χ3n) is 3.18. The molecule has 0 saturated carbocycles. The van der Waals surface area contributed by atoms with Crippen molar-refractivity contribution in [3.63, 3.8) is 0 Å². The van der Waals surface area contributed by atoms with Gasteiger partial charge in [0.15, 0.2) is 0 Å². The molecule has 0 fully saturated rings. The first-order chi connectivity index (χ1) is 9.58. The van der Waals surface area contributed by atoms with Crippen LogP contribution < -0.4 is 5.32 Å². The fraction of sp³-hybridized carbons (Fsp3) is 0.188.